The van der Waals surface area contributed by atoms with E-state index in [2.05, 4.69) is 20.1 Å². The van der Waals surface area contributed by atoms with Gasteiger partial charge in [0.2, 0.25) is 5.91 Å². The Labute approximate surface area is 157 Å². The summed E-state index contributed by atoms with van der Waals surface area (Å²) in [5, 5.41) is 12.4. The highest BCUT2D eigenvalue weighted by Crippen LogP contribution is 2.46. The lowest BCUT2D eigenvalue weighted by molar-refractivity contribution is -0.115. The molecule has 1 aromatic carbocycles. The highest BCUT2D eigenvalue weighted by Gasteiger charge is 2.37. The molecule has 2 aliphatic rings. The zero-order valence-corrected chi connectivity index (χ0v) is 16.2. The number of ether oxygens (including phenoxy) is 1. The topological polar surface area (TPSA) is 69.0 Å². The van der Waals surface area contributed by atoms with E-state index in [0.717, 1.165) is 16.5 Å². The van der Waals surface area contributed by atoms with Crippen LogP contribution in [0.3, 0.4) is 0 Å². The van der Waals surface area contributed by atoms with Crippen LogP contribution < -0.4 is 10.1 Å². The first-order chi connectivity index (χ1) is 12.6. The van der Waals surface area contributed by atoms with Crippen LogP contribution >= 0.6 is 11.8 Å². The van der Waals surface area contributed by atoms with Crippen LogP contribution in [0.1, 0.15) is 56.0 Å². The molecule has 0 spiro atoms. The number of rotatable bonds is 7. The minimum Gasteiger partial charge on any atom is -0.495 e. The minimum atomic E-state index is -0.269. The number of aromatic nitrogens is 3. The third-order valence-electron chi connectivity index (χ3n) is 4.81. The number of nitrogens with one attached hydrogen (secondary N) is 1. The fraction of sp³-hybridized carbons (Fsp3) is 0.526. The Hall–Kier alpha value is -2.02. The van der Waals surface area contributed by atoms with Gasteiger partial charge in [-0.1, -0.05) is 17.8 Å². The second-order valence-corrected chi connectivity index (χ2v) is 8.48. The van der Waals surface area contributed by atoms with Crippen molar-refractivity contribution in [3.05, 3.63) is 29.6 Å². The number of methoxy groups -OCH3 is 1. The van der Waals surface area contributed by atoms with Crippen molar-refractivity contribution in [1.29, 1.82) is 0 Å². The first-order valence-electron chi connectivity index (χ1n) is 9.13. The van der Waals surface area contributed by atoms with Crippen molar-refractivity contribution >= 4 is 23.4 Å². The maximum atomic E-state index is 12.7. The van der Waals surface area contributed by atoms with Gasteiger partial charge in [-0.05, 0) is 57.2 Å². The van der Waals surface area contributed by atoms with Crippen molar-refractivity contribution in [2.24, 2.45) is 0 Å². The summed E-state index contributed by atoms with van der Waals surface area (Å²) in [6, 6.07) is 6.28. The van der Waals surface area contributed by atoms with E-state index < -0.39 is 0 Å². The fourth-order valence-corrected chi connectivity index (χ4v) is 3.96. The highest BCUT2D eigenvalue weighted by atomic mass is 32.2. The minimum absolute atomic E-state index is 0.0581. The van der Waals surface area contributed by atoms with E-state index in [1.165, 1.54) is 37.4 Å². The number of hydrogen-bond acceptors (Lipinski definition) is 5. The van der Waals surface area contributed by atoms with Gasteiger partial charge in [-0.15, -0.1) is 10.2 Å². The van der Waals surface area contributed by atoms with Gasteiger partial charge in [-0.25, -0.2) is 0 Å². The van der Waals surface area contributed by atoms with E-state index in [-0.39, 0.29) is 11.2 Å². The van der Waals surface area contributed by atoms with Crippen LogP contribution in [0.25, 0.3) is 0 Å². The normalized spacial score (nSPS) is 17.8. The summed E-state index contributed by atoms with van der Waals surface area (Å²) < 4.78 is 7.62. The maximum absolute atomic E-state index is 12.7. The number of aryl methyl sites for hydroxylation is 1. The summed E-state index contributed by atoms with van der Waals surface area (Å²) in [6.45, 7) is 3.90. The highest BCUT2D eigenvalue weighted by molar-refractivity contribution is 8.00. The second kappa shape index (κ2) is 6.95. The SMILES string of the molecule is COc1ccc(C)cc1NC(=O)[C@@H](C)Sc1nnc(C2CC2)n1C1CC1. The van der Waals surface area contributed by atoms with Gasteiger partial charge in [0.05, 0.1) is 18.0 Å². The molecule has 1 N–H and O–H groups in total. The smallest absolute Gasteiger partial charge is 0.237 e. The molecule has 7 heteroatoms. The molecule has 2 fully saturated rings. The predicted molar refractivity (Wildman–Crippen MR) is 102 cm³/mol. The number of nitrogens with zero attached hydrogens (tertiary/aromatic N) is 3. The standard InChI is InChI=1S/C19H24N4O2S/c1-11-4-9-16(25-3)15(10-11)20-18(24)12(2)26-19-22-21-17(13-5-6-13)23(19)14-7-8-14/h4,9-10,12-14H,5-8H2,1-3H3,(H,20,24)/t12-/m1/s1. The largest absolute Gasteiger partial charge is 0.495 e. The van der Waals surface area contributed by atoms with Crippen LogP contribution in [-0.4, -0.2) is 33.0 Å². The molecule has 2 saturated carbocycles. The Balaban J connectivity index is 1.48. The van der Waals surface area contributed by atoms with Gasteiger partial charge in [-0.2, -0.15) is 0 Å². The molecule has 0 bridgehead atoms. The maximum Gasteiger partial charge on any atom is 0.237 e. The molecule has 6 nitrogen and oxygen atoms in total. The summed E-state index contributed by atoms with van der Waals surface area (Å²) in [7, 11) is 1.61. The molecule has 0 radical (unpaired) electrons. The second-order valence-electron chi connectivity index (χ2n) is 7.17. The van der Waals surface area contributed by atoms with E-state index in [9.17, 15) is 4.79 Å². The third kappa shape index (κ3) is 3.58. The van der Waals surface area contributed by atoms with Crippen molar-refractivity contribution < 1.29 is 9.53 Å². The van der Waals surface area contributed by atoms with E-state index in [1.807, 2.05) is 32.0 Å². The Bertz CT molecular complexity index is 827. The molecule has 26 heavy (non-hydrogen) atoms. The third-order valence-corrected chi connectivity index (χ3v) is 5.87. The number of hydrogen-bond donors (Lipinski definition) is 1. The first-order valence-corrected chi connectivity index (χ1v) is 10.0. The van der Waals surface area contributed by atoms with Crippen molar-refractivity contribution in [1.82, 2.24) is 14.8 Å². The summed E-state index contributed by atoms with van der Waals surface area (Å²) in [5.74, 6) is 2.29. The monoisotopic (exact) mass is 372 g/mol. The summed E-state index contributed by atoms with van der Waals surface area (Å²) in [6.07, 6.45) is 4.79. The lowest BCUT2D eigenvalue weighted by atomic mass is 10.2. The van der Waals surface area contributed by atoms with Crippen LogP contribution in [0, 0.1) is 6.92 Å². The molecule has 4 rings (SSSR count). The first kappa shape index (κ1) is 17.4. The van der Waals surface area contributed by atoms with Gasteiger partial charge in [-0.3, -0.25) is 4.79 Å². The van der Waals surface area contributed by atoms with Crippen molar-refractivity contribution in [3.8, 4) is 5.75 Å². The molecule has 1 atom stereocenters. The van der Waals surface area contributed by atoms with Crippen LogP contribution in [0.15, 0.2) is 23.4 Å². The molecule has 138 valence electrons. The van der Waals surface area contributed by atoms with Gasteiger partial charge in [0.25, 0.3) is 0 Å². The summed E-state index contributed by atoms with van der Waals surface area (Å²) in [5.41, 5.74) is 1.77. The van der Waals surface area contributed by atoms with E-state index >= 15 is 0 Å². The Morgan fingerprint density at radius 2 is 2.08 bits per heavy atom. The molecule has 1 amide bonds. The number of carbonyl (C=O) groups excluding carboxylic acids is 1. The Morgan fingerprint density at radius 3 is 2.73 bits per heavy atom. The molecule has 1 aromatic heterocycles. The Kier molecular flexibility index (Phi) is 4.65. The Morgan fingerprint density at radius 1 is 1.31 bits per heavy atom. The number of thioether (sulfide) groups is 1. The predicted octanol–water partition coefficient (Wildman–Crippen LogP) is 3.93. The molecule has 2 aliphatic carbocycles. The van der Waals surface area contributed by atoms with E-state index in [0.29, 0.717) is 23.4 Å². The zero-order valence-electron chi connectivity index (χ0n) is 15.4. The molecule has 0 unspecified atom stereocenters. The van der Waals surface area contributed by atoms with Gasteiger partial charge in [0, 0.05) is 12.0 Å². The lowest BCUT2D eigenvalue weighted by Crippen LogP contribution is -2.23. The molecule has 1 heterocycles. The van der Waals surface area contributed by atoms with E-state index in [4.69, 9.17) is 4.74 Å². The van der Waals surface area contributed by atoms with Crippen molar-refractivity contribution in [2.45, 2.75) is 61.9 Å². The van der Waals surface area contributed by atoms with Gasteiger partial charge in [0.15, 0.2) is 5.16 Å². The van der Waals surface area contributed by atoms with Gasteiger partial charge < -0.3 is 14.6 Å². The van der Waals surface area contributed by atoms with Crippen LogP contribution in [-0.2, 0) is 4.79 Å². The molecule has 2 aromatic rings. The van der Waals surface area contributed by atoms with Crippen LogP contribution in [0.4, 0.5) is 5.69 Å². The van der Waals surface area contributed by atoms with Gasteiger partial charge >= 0.3 is 0 Å². The van der Waals surface area contributed by atoms with Gasteiger partial charge in [0.1, 0.15) is 11.6 Å². The number of anilines is 1. The average Bonchev–Trinajstić information content (AvgIpc) is 3.54. The fourth-order valence-electron chi connectivity index (χ4n) is 3.03. The molecule has 0 aliphatic heterocycles. The lowest BCUT2D eigenvalue weighted by Gasteiger charge is -2.15. The van der Waals surface area contributed by atoms with Crippen LogP contribution in [0.5, 0.6) is 5.75 Å². The molecule has 0 saturated heterocycles. The van der Waals surface area contributed by atoms with Crippen molar-refractivity contribution in [3.63, 3.8) is 0 Å². The average molecular weight is 372 g/mol. The van der Waals surface area contributed by atoms with Crippen LogP contribution in [0.2, 0.25) is 0 Å². The summed E-state index contributed by atoms with van der Waals surface area (Å²) in [4.78, 5) is 12.7. The summed E-state index contributed by atoms with van der Waals surface area (Å²) >= 11 is 1.49. The number of carbonyl (C=O) groups is 1. The van der Waals surface area contributed by atoms with Crippen molar-refractivity contribution in [2.75, 3.05) is 12.4 Å². The molecular weight excluding hydrogens is 348 g/mol. The number of benzene rings is 1. The molecular formula is C19H24N4O2S. The zero-order chi connectivity index (χ0) is 18.3. The number of amides is 1. The van der Waals surface area contributed by atoms with E-state index in [1.54, 1.807) is 7.11 Å². The quantitative estimate of drug-likeness (QED) is 0.746.